The van der Waals surface area contributed by atoms with Crippen molar-refractivity contribution >= 4 is 22.9 Å². The molecule has 0 bridgehead atoms. The third kappa shape index (κ3) is 1.10. The van der Waals surface area contributed by atoms with Crippen LogP contribution in [0.3, 0.4) is 0 Å². The van der Waals surface area contributed by atoms with Crippen LogP contribution in [0.2, 0.25) is 0 Å². The third-order valence-electron chi connectivity index (χ3n) is 1.77. The quantitative estimate of drug-likeness (QED) is 0.629. The van der Waals surface area contributed by atoms with Crippen molar-refractivity contribution in [3.05, 3.63) is 23.8 Å². The van der Waals surface area contributed by atoms with Gasteiger partial charge in [0.1, 0.15) is 5.52 Å². The van der Waals surface area contributed by atoms with Crippen molar-refractivity contribution in [3.63, 3.8) is 0 Å². The fourth-order valence-electron chi connectivity index (χ4n) is 1.15. The van der Waals surface area contributed by atoms with Gasteiger partial charge < -0.3 is 4.42 Å². The molecule has 12 heavy (non-hydrogen) atoms. The lowest BCUT2D eigenvalue weighted by Gasteiger charge is -1.89. The molecule has 0 atom stereocenters. The number of benzene rings is 1. The van der Waals surface area contributed by atoms with Gasteiger partial charge in [-0.05, 0) is 24.8 Å². The normalized spacial score (nSPS) is 10.8. The van der Waals surface area contributed by atoms with Crippen LogP contribution in [0.25, 0.3) is 11.1 Å². The Morgan fingerprint density at radius 3 is 2.92 bits per heavy atom. The molecule has 0 saturated heterocycles. The van der Waals surface area contributed by atoms with E-state index in [-0.39, 0.29) is 0 Å². The lowest BCUT2D eigenvalue weighted by atomic mass is 10.2. The molecular formula is C9H9NOS. The van der Waals surface area contributed by atoms with E-state index in [0.717, 1.165) is 21.9 Å². The molecule has 1 aromatic heterocycles. The zero-order valence-electron chi connectivity index (χ0n) is 7.00. The van der Waals surface area contributed by atoms with Gasteiger partial charge in [-0.3, -0.25) is 0 Å². The van der Waals surface area contributed by atoms with E-state index in [1.807, 2.05) is 31.4 Å². The summed E-state index contributed by atoms with van der Waals surface area (Å²) in [5.41, 5.74) is 2.99. The Kier molecular flexibility index (Phi) is 1.81. The highest BCUT2D eigenvalue weighted by atomic mass is 32.2. The molecule has 0 aliphatic rings. The first kappa shape index (κ1) is 7.68. The lowest BCUT2D eigenvalue weighted by molar-refractivity contribution is 0.488. The van der Waals surface area contributed by atoms with Crippen molar-refractivity contribution in [2.75, 3.05) is 6.26 Å². The van der Waals surface area contributed by atoms with Crippen molar-refractivity contribution in [1.29, 1.82) is 0 Å². The third-order valence-corrected chi connectivity index (χ3v) is 2.29. The largest absolute Gasteiger partial charge is 0.431 e. The summed E-state index contributed by atoms with van der Waals surface area (Å²) in [6.45, 7) is 2.03. The first-order valence-corrected chi connectivity index (χ1v) is 4.94. The van der Waals surface area contributed by atoms with E-state index in [4.69, 9.17) is 4.42 Å². The zero-order chi connectivity index (χ0) is 8.55. The molecule has 62 valence electrons. The second-order valence-corrected chi connectivity index (χ2v) is 3.36. The number of fused-ring (bicyclic) bond motifs is 1. The van der Waals surface area contributed by atoms with Crippen LogP contribution in [0.1, 0.15) is 5.56 Å². The molecule has 0 fully saturated rings. The van der Waals surface area contributed by atoms with Gasteiger partial charge in [-0.2, -0.15) is 0 Å². The average Bonchev–Trinajstić information content (AvgIpc) is 2.49. The van der Waals surface area contributed by atoms with Crippen LogP contribution in [0, 0.1) is 6.92 Å². The second-order valence-electron chi connectivity index (χ2n) is 2.61. The van der Waals surface area contributed by atoms with Crippen molar-refractivity contribution in [3.8, 4) is 0 Å². The maximum absolute atomic E-state index is 5.50. The van der Waals surface area contributed by atoms with Gasteiger partial charge in [0.15, 0.2) is 5.58 Å². The monoisotopic (exact) mass is 179 g/mol. The molecule has 0 unspecified atom stereocenters. The molecule has 1 aromatic carbocycles. The molecule has 1 heterocycles. The molecule has 0 radical (unpaired) electrons. The number of rotatable bonds is 1. The van der Waals surface area contributed by atoms with Crippen molar-refractivity contribution in [2.24, 2.45) is 0 Å². The molecule has 2 nitrogen and oxygen atoms in total. The minimum absolute atomic E-state index is 0.735. The molecule has 3 heteroatoms. The van der Waals surface area contributed by atoms with Crippen LogP contribution in [0.15, 0.2) is 27.8 Å². The van der Waals surface area contributed by atoms with Crippen LogP contribution < -0.4 is 0 Å². The van der Waals surface area contributed by atoms with Crippen LogP contribution >= 0.6 is 11.8 Å². The summed E-state index contributed by atoms with van der Waals surface area (Å²) >= 11 is 1.53. The number of nitrogens with zero attached hydrogens (tertiary/aromatic N) is 1. The number of hydrogen-bond donors (Lipinski definition) is 0. The fraction of sp³-hybridized carbons (Fsp3) is 0.222. The van der Waals surface area contributed by atoms with Crippen molar-refractivity contribution in [1.82, 2.24) is 4.98 Å². The van der Waals surface area contributed by atoms with E-state index in [1.54, 1.807) is 0 Å². The highest BCUT2D eigenvalue weighted by Crippen LogP contribution is 2.23. The first-order valence-electron chi connectivity index (χ1n) is 3.71. The molecular weight excluding hydrogens is 170 g/mol. The standard InChI is InChI=1S/C9H9NOS/c1-6-4-3-5-7-8(6)11-9(10-7)12-2/h3-5H,1-2H3. The predicted octanol–water partition coefficient (Wildman–Crippen LogP) is 2.86. The Hall–Kier alpha value is -0.960. The SMILES string of the molecule is CSc1nc2cccc(C)c2o1. The Balaban J connectivity index is 2.74. The topological polar surface area (TPSA) is 26.0 Å². The minimum Gasteiger partial charge on any atom is -0.431 e. The molecule has 0 aliphatic heterocycles. The predicted molar refractivity (Wildman–Crippen MR) is 50.5 cm³/mol. The summed E-state index contributed by atoms with van der Waals surface area (Å²) in [5, 5.41) is 0.735. The summed E-state index contributed by atoms with van der Waals surface area (Å²) in [4.78, 5) is 4.29. The van der Waals surface area contributed by atoms with Gasteiger partial charge in [-0.25, -0.2) is 4.98 Å². The second kappa shape index (κ2) is 2.83. The molecule has 0 amide bonds. The van der Waals surface area contributed by atoms with E-state index >= 15 is 0 Å². The Labute approximate surface area is 75.0 Å². The van der Waals surface area contributed by atoms with E-state index in [1.165, 1.54) is 11.8 Å². The van der Waals surface area contributed by atoms with Crippen LogP contribution in [-0.2, 0) is 0 Å². The molecule has 0 saturated carbocycles. The Morgan fingerprint density at radius 1 is 1.42 bits per heavy atom. The van der Waals surface area contributed by atoms with Gasteiger partial charge in [0.05, 0.1) is 0 Å². The van der Waals surface area contributed by atoms with E-state index in [2.05, 4.69) is 4.98 Å². The number of oxazole rings is 1. The summed E-state index contributed by atoms with van der Waals surface area (Å²) in [5.74, 6) is 0. The number of para-hydroxylation sites is 1. The number of thioether (sulfide) groups is 1. The molecule has 0 aliphatic carbocycles. The average molecular weight is 179 g/mol. The fourth-order valence-corrected chi connectivity index (χ4v) is 1.51. The minimum atomic E-state index is 0.735. The van der Waals surface area contributed by atoms with E-state index in [0.29, 0.717) is 0 Å². The maximum Gasteiger partial charge on any atom is 0.256 e. The van der Waals surface area contributed by atoms with E-state index < -0.39 is 0 Å². The summed E-state index contributed by atoms with van der Waals surface area (Å²) in [6, 6.07) is 5.98. The van der Waals surface area contributed by atoms with Gasteiger partial charge in [0, 0.05) is 0 Å². The highest BCUT2D eigenvalue weighted by molar-refractivity contribution is 7.98. The smallest absolute Gasteiger partial charge is 0.256 e. The molecule has 0 N–H and O–H groups in total. The highest BCUT2D eigenvalue weighted by Gasteiger charge is 2.05. The number of aryl methyl sites for hydroxylation is 1. The first-order chi connectivity index (χ1) is 5.81. The van der Waals surface area contributed by atoms with Crippen molar-refractivity contribution < 1.29 is 4.42 Å². The van der Waals surface area contributed by atoms with Crippen LogP contribution in [0.5, 0.6) is 0 Å². The van der Waals surface area contributed by atoms with Crippen LogP contribution in [0.4, 0.5) is 0 Å². The van der Waals surface area contributed by atoms with Gasteiger partial charge in [0.2, 0.25) is 0 Å². The van der Waals surface area contributed by atoms with Gasteiger partial charge in [0.25, 0.3) is 5.22 Å². The number of aromatic nitrogens is 1. The van der Waals surface area contributed by atoms with Gasteiger partial charge in [-0.15, -0.1) is 0 Å². The summed E-state index contributed by atoms with van der Waals surface area (Å²) in [7, 11) is 0. The number of hydrogen-bond acceptors (Lipinski definition) is 3. The summed E-state index contributed by atoms with van der Waals surface area (Å²) < 4.78 is 5.50. The van der Waals surface area contributed by atoms with Crippen molar-refractivity contribution in [2.45, 2.75) is 12.1 Å². The molecule has 2 aromatic rings. The Morgan fingerprint density at radius 2 is 2.25 bits per heavy atom. The summed E-state index contributed by atoms with van der Waals surface area (Å²) in [6.07, 6.45) is 1.96. The maximum atomic E-state index is 5.50. The molecule has 2 rings (SSSR count). The zero-order valence-corrected chi connectivity index (χ0v) is 7.81. The molecule has 0 spiro atoms. The van der Waals surface area contributed by atoms with Gasteiger partial charge in [-0.1, -0.05) is 23.9 Å². The Bertz CT molecular complexity index is 408. The van der Waals surface area contributed by atoms with Gasteiger partial charge >= 0.3 is 0 Å². The van der Waals surface area contributed by atoms with E-state index in [9.17, 15) is 0 Å². The lowest BCUT2D eigenvalue weighted by Crippen LogP contribution is -1.71. The van der Waals surface area contributed by atoms with Crippen LogP contribution in [-0.4, -0.2) is 11.2 Å².